The number of carbonyl (C=O) groups excluding carboxylic acids is 1. The standard InChI is InChI=1S/C11H20N2O4/c1-7-2-3-8(4-7)5-12-11(17)13-9(6-14)10(15)16/h7-9,14H,2-6H2,1H3,(H,15,16)(H2,12,13,17). The van der Waals surface area contributed by atoms with Crippen molar-refractivity contribution in [3.63, 3.8) is 0 Å². The number of carboxylic acids is 1. The third-order valence-electron chi connectivity index (χ3n) is 3.14. The van der Waals surface area contributed by atoms with Gasteiger partial charge in [-0.1, -0.05) is 13.3 Å². The number of hydrogen-bond donors (Lipinski definition) is 4. The molecule has 3 atom stereocenters. The Labute approximate surface area is 100 Å². The fourth-order valence-electron chi connectivity index (χ4n) is 2.14. The average Bonchev–Trinajstić information content (AvgIpc) is 2.68. The average molecular weight is 244 g/mol. The summed E-state index contributed by atoms with van der Waals surface area (Å²) in [6.07, 6.45) is 3.38. The van der Waals surface area contributed by atoms with E-state index in [0.717, 1.165) is 12.8 Å². The van der Waals surface area contributed by atoms with Crippen molar-refractivity contribution in [1.82, 2.24) is 10.6 Å². The highest BCUT2D eigenvalue weighted by Crippen LogP contribution is 2.29. The van der Waals surface area contributed by atoms with Crippen LogP contribution in [0.2, 0.25) is 0 Å². The fraction of sp³-hybridized carbons (Fsp3) is 0.818. The molecular formula is C11H20N2O4. The fourth-order valence-corrected chi connectivity index (χ4v) is 2.14. The van der Waals surface area contributed by atoms with E-state index in [-0.39, 0.29) is 0 Å². The molecule has 0 bridgehead atoms. The number of carboxylic acid groups (broad SMARTS) is 1. The molecule has 17 heavy (non-hydrogen) atoms. The Morgan fingerprint density at radius 3 is 2.59 bits per heavy atom. The Morgan fingerprint density at radius 2 is 2.12 bits per heavy atom. The molecule has 0 heterocycles. The van der Waals surface area contributed by atoms with Crippen molar-refractivity contribution in [3.05, 3.63) is 0 Å². The van der Waals surface area contributed by atoms with Gasteiger partial charge in [0.15, 0.2) is 6.04 Å². The third-order valence-corrected chi connectivity index (χ3v) is 3.14. The molecule has 0 saturated heterocycles. The minimum absolute atomic E-state index is 0.480. The van der Waals surface area contributed by atoms with Crippen LogP contribution in [0.3, 0.4) is 0 Å². The number of rotatable bonds is 5. The summed E-state index contributed by atoms with van der Waals surface area (Å²) in [6, 6.07) is -1.77. The van der Waals surface area contributed by atoms with Crippen molar-refractivity contribution < 1.29 is 19.8 Å². The SMILES string of the molecule is CC1CCC(CNC(=O)NC(CO)C(=O)O)C1. The lowest BCUT2D eigenvalue weighted by molar-refractivity contribution is -0.140. The van der Waals surface area contributed by atoms with Gasteiger partial charge in [-0.15, -0.1) is 0 Å². The van der Waals surface area contributed by atoms with E-state index in [1.165, 1.54) is 6.42 Å². The second kappa shape index (κ2) is 6.44. The smallest absolute Gasteiger partial charge is 0.328 e. The Bertz CT molecular complexity index is 283. The summed E-state index contributed by atoms with van der Waals surface area (Å²) in [6.45, 7) is 2.14. The van der Waals surface area contributed by atoms with Crippen LogP contribution in [0.5, 0.6) is 0 Å². The number of aliphatic carboxylic acids is 1. The topological polar surface area (TPSA) is 98.7 Å². The summed E-state index contributed by atoms with van der Waals surface area (Å²) in [7, 11) is 0. The van der Waals surface area contributed by atoms with Crippen molar-refractivity contribution in [2.45, 2.75) is 32.2 Å². The maximum absolute atomic E-state index is 11.4. The minimum Gasteiger partial charge on any atom is -0.480 e. The molecule has 0 aromatic rings. The molecule has 4 N–H and O–H groups in total. The van der Waals surface area contributed by atoms with Crippen molar-refractivity contribution in [3.8, 4) is 0 Å². The van der Waals surface area contributed by atoms with E-state index in [1.54, 1.807) is 0 Å². The molecular weight excluding hydrogens is 224 g/mol. The summed E-state index contributed by atoms with van der Waals surface area (Å²) in [5.41, 5.74) is 0. The Balaban J connectivity index is 2.23. The number of aliphatic hydroxyl groups is 1. The zero-order valence-electron chi connectivity index (χ0n) is 9.98. The van der Waals surface area contributed by atoms with Gasteiger partial charge in [-0.05, 0) is 24.7 Å². The summed E-state index contributed by atoms with van der Waals surface area (Å²) in [5.74, 6) is -0.0561. The van der Waals surface area contributed by atoms with Crippen molar-refractivity contribution in [2.75, 3.05) is 13.2 Å². The van der Waals surface area contributed by atoms with E-state index < -0.39 is 24.6 Å². The van der Waals surface area contributed by atoms with Crippen LogP contribution in [0.1, 0.15) is 26.2 Å². The second-order valence-electron chi connectivity index (χ2n) is 4.71. The van der Waals surface area contributed by atoms with Gasteiger partial charge >= 0.3 is 12.0 Å². The number of aliphatic hydroxyl groups excluding tert-OH is 1. The molecule has 1 aliphatic rings. The molecule has 0 aromatic heterocycles. The first-order chi connectivity index (χ1) is 8.02. The van der Waals surface area contributed by atoms with Gasteiger partial charge in [-0.3, -0.25) is 0 Å². The molecule has 3 unspecified atom stereocenters. The Kier molecular flexibility index (Phi) is 5.21. The summed E-state index contributed by atoms with van der Waals surface area (Å²) in [5, 5.41) is 22.2. The highest BCUT2D eigenvalue weighted by atomic mass is 16.4. The monoisotopic (exact) mass is 244 g/mol. The maximum Gasteiger partial charge on any atom is 0.328 e. The normalized spacial score (nSPS) is 25.3. The summed E-state index contributed by atoms with van der Waals surface area (Å²) < 4.78 is 0. The molecule has 6 heteroatoms. The van der Waals surface area contributed by atoms with Gasteiger partial charge in [-0.25, -0.2) is 9.59 Å². The minimum atomic E-state index is -1.24. The third kappa shape index (κ3) is 4.60. The van der Waals surface area contributed by atoms with Gasteiger partial charge in [0.1, 0.15) is 0 Å². The number of hydrogen-bond acceptors (Lipinski definition) is 3. The molecule has 6 nitrogen and oxygen atoms in total. The summed E-state index contributed by atoms with van der Waals surface area (Å²) in [4.78, 5) is 21.9. The van der Waals surface area contributed by atoms with Crippen molar-refractivity contribution in [2.24, 2.45) is 11.8 Å². The van der Waals surface area contributed by atoms with Crippen LogP contribution in [-0.4, -0.2) is 41.4 Å². The number of amides is 2. The molecule has 0 radical (unpaired) electrons. The number of carbonyl (C=O) groups is 2. The van der Waals surface area contributed by atoms with Crippen LogP contribution in [0.15, 0.2) is 0 Å². The van der Waals surface area contributed by atoms with Gasteiger partial charge in [-0.2, -0.15) is 0 Å². The lowest BCUT2D eigenvalue weighted by Gasteiger charge is -2.15. The molecule has 1 fully saturated rings. The number of urea groups is 1. The van der Waals surface area contributed by atoms with Crippen molar-refractivity contribution >= 4 is 12.0 Å². The highest BCUT2D eigenvalue weighted by Gasteiger charge is 2.23. The van der Waals surface area contributed by atoms with E-state index in [0.29, 0.717) is 18.4 Å². The highest BCUT2D eigenvalue weighted by molar-refractivity contribution is 5.82. The zero-order valence-corrected chi connectivity index (χ0v) is 9.98. The number of nitrogens with one attached hydrogen (secondary N) is 2. The molecule has 1 aliphatic carbocycles. The maximum atomic E-state index is 11.4. The molecule has 98 valence electrons. The molecule has 0 spiro atoms. The van der Waals surface area contributed by atoms with Crippen molar-refractivity contribution in [1.29, 1.82) is 0 Å². The Hall–Kier alpha value is -1.30. The van der Waals surface area contributed by atoms with E-state index >= 15 is 0 Å². The van der Waals surface area contributed by atoms with Gasteiger partial charge in [0.05, 0.1) is 6.61 Å². The molecule has 1 rings (SSSR count). The second-order valence-corrected chi connectivity index (χ2v) is 4.71. The first kappa shape index (κ1) is 13.8. The van der Waals surface area contributed by atoms with Crippen LogP contribution in [-0.2, 0) is 4.79 Å². The molecule has 0 aromatic carbocycles. The lowest BCUT2D eigenvalue weighted by Crippen LogP contribution is -2.48. The van der Waals surface area contributed by atoms with Crippen LogP contribution in [0.4, 0.5) is 4.79 Å². The molecule has 0 aliphatic heterocycles. The first-order valence-electron chi connectivity index (χ1n) is 5.91. The van der Waals surface area contributed by atoms with Crippen LogP contribution in [0, 0.1) is 11.8 Å². The van der Waals surface area contributed by atoms with E-state index in [2.05, 4.69) is 17.6 Å². The van der Waals surface area contributed by atoms with E-state index in [9.17, 15) is 9.59 Å². The lowest BCUT2D eigenvalue weighted by atomic mass is 10.1. The zero-order chi connectivity index (χ0) is 12.8. The first-order valence-corrected chi connectivity index (χ1v) is 5.91. The predicted molar refractivity (Wildman–Crippen MR) is 61.5 cm³/mol. The van der Waals surface area contributed by atoms with Gasteiger partial charge in [0.25, 0.3) is 0 Å². The Morgan fingerprint density at radius 1 is 1.41 bits per heavy atom. The van der Waals surface area contributed by atoms with Crippen LogP contribution in [0.25, 0.3) is 0 Å². The largest absolute Gasteiger partial charge is 0.480 e. The van der Waals surface area contributed by atoms with Crippen LogP contribution < -0.4 is 10.6 Å². The van der Waals surface area contributed by atoms with Crippen LogP contribution >= 0.6 is 0 Å². The van der Waals surface area contributed by atoms with E-state index in [4.69, 9.17) is 10.2 Å². The van der Waals surface area contributed by atoms with Gasteiger partial charge in [0, 0.05) is 6.54 Å². The molecule has 2 amide bonds. The summed E-state index contributed by atoms with van der Waals surface area (Å²) >= 11 is 0. The van der Waals surface area contributed by atoms with E-state index in [1.807, 2.05) is 0 Å². The van der Waals surface area contributed by atoms with Gasteiger partial charge < -0.3 is 20.8 Å². The van der Waals surface area contributed by atoms with Gasteiger partial charge in [0.2, 0.25) is 0 Å². The quantitative estimate of drug-likeness (QED) is 0.554. The predicted octanol–water partition coefficient (Wildman–Crippen LogP) is 0.167. The molecule has 1 saturated carbocycles.